The van der Waals surface area contributed by atoms with E-state index in [2.05, 4.69) is 10.3 Å². The molecule has 6 nitrogen and oxygen atoms in total. The van der Waals surface area contributed by atoms with Crippen LogP contribution in [0.1, 0.15) is 24.0 Å². The zero-order chi connectivity index (χ0) is 23.0. The molecular weight excluding hydrogens is 428 g/mol. The van der Waals surface area contributed by atoms with E-state index in [1.165, 1.54) is 31.2 Å². The van der Waals surface area contributed by atoms with Crippen LogP contribution in [0, 0.1) is 5.82 Å². The van der Waals surface area contributed by atoms with Crippen molar-refractivity contribution >= 4 is 35.1 Å². The maximum atomic E-state index is 14.2. The van der Waals surface area contributed by atoms with Crippen LogP contribution in [0.4, 0.5) is 34.6 Å². The lowest BCUT2D eigenvalue weighted by Crippen LogP contribution is -2.48. The van der Waals surface area contributed by atoms with Gasteiger partial charge in [0, 0.05) is 56.3 Å². The van der Waals surface area contributed by atoms with Crippen LogP contribution in [0.5, 0.6) is 0 Å². The molecule has 32 heavy (non-hydrogen) atoms. The summed E-state index contributed by atoms with van der Waals surface area (Å²) in [6.07, 6.45) is -3.47. The van der Waals surface area contributed by atoms with E-state index in [1.807, 2.05) is 0 Å². The SMILES string of the molecule is CC(=O)N1CCN(c2ccc(N=CC3C(=O)Nc4cccc(F)c43)cc2C(F)(F)F)CC1. The van der Waals surface area contributed by atoms with Crippen molar-refractivity contribution in [2.75, 3.05) is 36.4 Å². The summed E-state index contributed by atoms with van der Waals surface area (Å²) in [5.74, 6) is -2.22. The molecule has 0 saturated carbocycles. The lowest BCUT2D eigenvalue weighted by molar-refractivity contribution is -0.137. The van der Waals surface area contributed by atoms with Gasteiger partial charge in [-0.3, -0.25) is 14.6 Å². The number of hydrogen-bond donors (Lipinski definition) is 1. The fraction of sp³-hybridized carbons (Fsp3) is 0.318. The Morgan fingerprint density at radius 1 is 1.16 bits per heavy atom. The molecule has 1 atom stereocenters. The number of halogens is 4. The third-order valence-corrected chi connectivity index (χ3v) is 5.63. The van der Waals surface area contributed by atoms with Crippen LogP contribution in [0.25, 0.3) is 0 Å². The Labute approximate surface area is 181 Å². The van der Waals surface area contributed by atoms with Crippen molar-refractivity contribution < 1.29 is 27.2 Å². The van der Waals surface area contributed by atoms with Crippen LogP contribution in [0.15, 0.2) is 41.4 Å². The van der Waals surface area contributed by atoms with Crippen molar-refractivity contribution in [3.8, 4) is 0 Å². The van der Waals surface area contributed by atoms with E-state index in [0.29, 0.717) is 18.8 Å². The molecule has 1 fully saturated rings. The standard InChI is InChI=1S/C22H20F4N4O2/c1-13(31)29-7-9-30(10-8-29)19-6-5-14(11-16(19)22(24,25)26)27-12-15-20-17(23)3-2-4-18(20)28-21(15)32/h2-6,11-12,15H,7-10H2,1H3,(H,28,32). The summed E-state index contributed by atoms with van der Waals surface area (Å²) < 4.78 is 55.5. The second-order valence-electron chi connectivity index (χ2n) is 7.64. The number of benzene rings is 2. The molecule has 0 radical (unpaired) electrons. The van der Waals surface area contributed by atoms with Crippen LogP contribution in [-0.2, 0) is 15.8 Å². The topological polar surface area (TPSA) is 65.0 Å². The van der Waals surface area contributed by atoms with Gasteiger partial charge in [-0.25, -0.2) is 4.39 Å². The molecular formula is C22H20F4N4O2. The zero-order valence-corrected chi connectivity index (χ0v) is 17.1. The van der Waals surface area contributed by atoms with Gasteiger partial charge in [0.2, 0.25) is 11.8 Å². The lowest BCUT2D eigenvalue weighted by atomic mass is 10.0. The predicted octanol–water partition coefficient (Wildman–Crippen LogP) is 3.95. The largest absolute Gasteiger partial charge is 0.418 e. The second-order valence-corrected chi connectivity index (χ2v) is 7.64. The van der Waals surface area contributed by atoms with Gasteiger partial charge in [0.1, 0.15) is 11.7 Å². The van der Waals surface area contributed by atoms with Crippen LogP contribution >= 0.6 is 0 Å². The number of rotatable bonds is 3. The molecule has 2 aliphatic rings. The average molecular weight is 448 g/mol. The molecule has 2 aromatic carbocycles. The molecule has 4 rings (SSSR count). The first-order chi connectivity index (χ1) is 15.1. The number of amides is 2. The predicted molar refractivity (Wildman–Crippen MR) is 112 cm³/mol. The van der Waals surface area contributed by atoms with Crippen molar-refractivity contribution in [1.29, 1.82) is 0 Å². The number of nitrogens with one attached hydrogen (secondary N) is 1. The van der Waals surface area contributed by atoms with Gasteiger partial charge in [0.05, 0.1) is 11.3 Å². The number of anilines is 2. The van der Waals surface area contributed by atoms with Gasteiger partial charge >= 0.3 is 6.18 Å². The number of fused-ring (bicyclic) bond motifs is 1. The Kier molecular flexibility index (Phi) is 5.62. The van der Waals surface area contributed by atoms with E-state index >= 15 is 0 Å². The van der Waals surface area contributed by atoms with Crippen molar-refractivity contribution in [1.82, 2.24) is 4.90 Å². The molecule has 0 bridgehead atoms. The molecule has 2 amide bonds. The minimum absolute atomic E-state index is 0.000959. The number of carbonyl (C=O) groups excluding carboxylic acids is 2. The van der Waals surface area contributed by atoms with Gasteiger partial charge in [-0.15, -0.1) is 0 Å². The van der Waals surface area contributed by atoms with E-state index in [-0.39, 0.29) is 35.9 Å². The van der Waals surface area contributed by atoms with Gasteiger partial charge in [-0.1, -0.05) is 6.07 Å². The Balaban J connectivity index is 1.61. The summed E-state index contributed by atoms with van der Waals surface area (Å²) in [7, 11) is 0. The average Bonchev–Trinajstić information content (AvgIpc) is 3.08. The molecule has 2 heterocycles. The van der Waals surface area contributed by atoms with E-state index < -0.39 is 29.4 Å². The van der Waals surface area contributed by atoms with Gasteiger partial charge in [-0.05, 0) is 30.3 Å². The highest BCUT2D eigenvalue weighted by molar-refractivity contribution is 6.12. The van der Waals surface area contributed by atoms with Crippen LogP contribution < -0.4 is 10.2 Å². The summed E-state index contributed by atoms with van der Waals surface area (Å²) in [4.78, 5) is 30.9. The molecule has 10 heteroatoms. The van der Waals surface area contributed by atoms with Crippen molar-refractivity contribution in [2.24, 2.45) is 4.99 Å². The second kappa shape index (κ2) is 8.25. The Bertz CT molecular complexity index is 1090. The highest BCUT2D eigenvalue weighted by Gasteiger charge is 2.36. The summed E-state index contributed by atoms with van der Waals surface area (Å²) in [5.41, 5.74) is -0.402. The van der Waals surface area contributed by atoms with Crippen LogP contribution in [0.2, 0.25) is 0 Å². The fourth-order valence-electron chi connectivity index (χ4n) is 3.98. The first-order valence-electron chi connectivity index (χ1n) is 10.0. The zero-order valence-electron chi connectivity index (χ0n) is 17.1. The molecule has 2 aromatic rings. The minimum Gasteiger partial charge on any atom is -0.367 e. The molecule has 1 unspecified atom stereocenters. The molecule has 1 saturated heterocycles. The quantitative estimate of drug-likeness (QED) is 0.571. The summed E-state index contributed by atoms with van der Waals surface area (Å²) in [5, 5.41) is 2.54. The number of alkyl halides is 3. The molecule has 0 spiro atoms. The monoisotopic (exact) mass is 448 g/mol. The Hall–Kier alpha value is -3.43. The summed E-state index contributed by atoms with van der Waals surface area (Å²) >= 11 is 0. The van der Waals surface area contributed by atoms with Crippen LogP contribution in [0.3, 0.4) is 0 Å². The Morgan fingerprint density at radius 2 is 1.88 bits per heavy atom. The number of nitrogens with zero attached hydrogens (tertiary/aromatic N) is 3. The van der Waals surface area contributed by atoms with Gasteiger partial charge in [-0.2, -0.15) is 13.2 Å². The Morgan fingerprint density at radius 3 is 2.53 bits per heavy atom. The highest BCUT2D eigenvalue weighted by Crippen LogP contribution is 2.40. The van der Waals surface area contributed by atoms with Gasteiger partial charge in [0.25, 0.3) is 0 Å². The maximum absolute atomic E-state index is 14.2. The van der Waals surface area contributed by atoms with Crippen molar-refractivity contribution in [3.05, 3.63) is 53.3 Å². The molecule has 0 aromatic heterocycles. The lowest BCUT2D eigenvalue weighted by Gasteiger charge is -2.36. The number of piperazine rings is 1. The van der Waals surface area contributed by atoms with Crippen molar-refractivity contribution in [3.63, 3.8) is 0 Å². The van der Waals surface area contributed by atoms with Crippen molar-refractivity contribution in [2.45, 2.75) is 19.0 Å². The summed E-state index contributed by atoms with van der Waals surface area (Å²) in [6, 6.07) is 7.89. The maximum Gasteiger partial charge on any atom is 0.418 e. The molecule has 0 aliphatic carbocycles. The minimum atomic E-state index is -4.62. The molecule has 2 aliphatic heterocycles. The van der Waals surface area contributed by atoms with E-state index in [1.54, 1.807) is 15.9 Å². The first kappa shape index (κ1) is 21.8. The van der Waals surface area contributed by atoms with E-state index in [4.69, 9.17) is 0 Å². The molecule has 1 N–H and O–H groups in total. The van der Waals surface area contributed by atoms with Crippen LogP contribution in [-0.4, -0.2) is 49.1 Å². The normalized spacial score (nSPS) is 18.8. The van der Waals surface area contributed by atoms with Gasteiger partial charge in [0.15, 0.2) is 0 Å². The number of aliphatic imine (C=N–C) groups is 1. The smallest absolute Gasteiger partial charge is 0.367 e. The summed E-state index contributed by atoms with van der Waals surface area (Å²) in [6.45, 7) is 2.67. The third kappa shape index (κ3) is 4.17. The van der Waals surface area contributed by atoms with E-state index in [9.17, 15) is 27.2 Å². The first-order valence-corrected chi connectivity index (χ1v) is 10.0. The highest BCUT2D eigenvalue weighted by atomic mass is 19.4. The third-order valence-electron chi connectivity index (χ3n) is 5.63. The number of carbonyl (C=O) groups is 2. The fourth-order valence-corrected chi connectivity index (χ4v) is 3.98. The van der Waals surface area contributed by atoms with Gasteiger partial charge < -0.3 is 15.1 Å². The van der Waals surface area contributed by atoms with E-state index in [0.717, 1.165) is 12.3 Å². The molecule has 168 valence electrons. The number of hydrogen-bond acceptors (Lipinski definition) is 4.